The van der Waals surface area contributed by atoms with Crippen LogP contribution in [0.3, 0.4) is 0 Å². The van der Waals surface area contributed by atoms with Crippen molar-refractivity contribution in [2.45, 2.75) is 46.0 Å². The van der Waals surface area contributed by atoms with Crippen LogP contribution in [0.5, 0.6) is 0 Å². The number of hydrogen-bond acceptors (Lipinski definition) is 0. The molecule has 0 aromatic heterocycles. The highest BCUT2D eigenvalue weighted by atomic mass is 14.1. The lowest BCUT2D eigenvalue weighted by Crippen LogP contribution is -1.99. The van der Waals surface area contributed by atoms with E-state index in [1.807, 2.05) is 12.1 Å². The van der Waals surface area contributed by atoms with Gasteiger partial charge in [0.1, 0.15) is 0 Å². The lowest BCUT2D eigenvalue weighted by Gasteiger charge is -2.10. The van der Waals surface area contributed by atoms with Gasteiger partial charge in [-0.3, -0.25) is 0 Å². The Hall–Kier alpha value is -0.780. The second-order valence-electron chi connectivity index (χ2n) is 4.21. The zero-order valence-corrected chi connectivity index (χ0v) is 9.42. The Morgan fingerprint density at radius 3 is 2.57 bits per heavy atom. The average Bonchev–Trinajstić information content (AvgIpc) is 2.20. The van der Waals surface area contributed by atoms with Gasteiger partial charge in [-0.2, -0.15) is 0 Å². The third-order valence-corrected chi connectivity index (χ3v) is 2.67. The number of benzene rings is 1. The van der Waals surface area contributed by atoms with Crippen molar-refractivity contribution in [3.8, 4) is 0 Å². The third kappa shape index (κ3) is 4.45. The van der Waals surface area contributed by atoms with Crippen LogP contribution in [0, 0.1) is 12.0 Å². The first-order valence-corrected chi connectivity index (χ1v) is 5.78. The van der Waals surface area contributed by atoms with Crippen molar-refractivity contribution in [1.82, 2.24) is 0 Å². The van der Waals surface area contributed by atoms with Gasteiger partial charge in [0.25, 0.3) is 0 Å². The molecule has 77 valence electrons. The van der Waals surface area contributed by atoms with Gasteiger partial charge < -0.3 is 0 Å². The van der Waals surface area contributed by atoms with Gasteiger partial charge in [0.2, 0.25) is 0 Å². The van der Waals surface area contributed by atoms with Crippen molar-refractivity contribution in [2.75, 3.05) is 0 Å². The highest BCUT2D eigenvalue weighted by molar-refractivity contribution is 5.14. The molecule has 0 aliphatic heterocycles. The summed E-state index contributed by atoms with van der Waals surface area (Å²) in [5.41, 5.74) is 1.45. The Morgan fingerprint density at radius 2 is 1.93 bits per heavy atom. The molecule has 0 aliphatic carbocycles. The smallest absolute Gasteiger partial charge is 0.0184 e. The Bertz CT molecular complexity index is 225. The van der Waals surface area contributed by atoms with E-state index in [-0.39, 0.29) is 0 Å². The molecule has 1 rings (SSSR count). The zero-order chi connectivity index (χ0) is 10.2. The standard InChI is InChI=1S/C14H21/c1-3-4-6-9-13(2)12-14-10-7-5-8-11-14/h7-8,10-11,13H,3-4,6,9,12H2,1-2H3. The molecule has 0 heteroatoms. The Kier molecular flexibility index (Phi) is 5.36. The summed E-state index contributed by atoms with van der Waals surface area (Å²) in [4.78, 5) is 0. The number of rotatable bonds is 6. The Balaban J connectivity index is 2.23. The van der Waals surface area contributed by atoms with Gasteiger partial charge in [-0.1, -0.05) is 63.8 Å². The summed E-state index contributed by atoms with van der Waals surface area (Å²) >= 11 is 0. The van der Waals surface area contributed by atoms with Crippen LogP contribution < -0.4 is 0 Å². The molecule has 1 atom stereocenters. The van der Waals surface area contributed by atoms with Gasteiger partial charge in [0.05, 0.1) is 0 Å². The van der Waals surface area contributed by atoms with E-state index in [9.17, 15) is 0 Å². The van der Waals surface area contributed by atoms with E-state index in [1.165, 1.54) is 37.7 Å². The molecule has 0 spiro atoms. The molecule has 1 aromatic carbocycles. The zero-order valence-electron chi connectivity index (χ0n) is 9.42. The molecule has 0 amide bonds. The lowest BCUT2D eigenvalue weighted by atomic mass is 9.96. The minimum atomic E-state index is 0.823. The largest absolute Gasteiger partial charge is 0.0654 e. The highest BCUT2D eigenvalue weighted by Crippen LogP contribution is 2.14. The van der Waals surface area contributed by atoms with Gasteiger partial charge >= 0.3 is 0 Å². The maximum Gasteiger partial charge on any atom is -0.0184 e. The van der Waals surface area contributed by atoms with Crippen molar-refractivity contribution < 1.29 is 0 Å². The summed E-state index contributed by atoms with van der Waals surface area (Å²) in [6, 6.07) is 11.4. The van der Waals surface area contributed by atoms with Crippen molar-refractivity contribution in [3.63, 3.8) is 0 Å². The maximum absolute atomic E-state index is 3.06. The van der Waals surface area contributed by atoms with Crippen LogP contribution in [-0.4, -0.2) is 0 Å². The van der Waals surface area contributed by atoms with Crippen molar-refractivity contribution in [2.24, 2.45) is 5.92 Å². The first-order valence-electron chi connectivity index (χ1n) is 5.78. The van der Waals surface area contributed by atoms with Gasteiger partial charge in [-0.25, -0.2) is 0 Å². The van der Waals surface area contributed by atoms with Crippen LogP contribution in [0.15, 0.2) is 24.3 Å². The summed E-state index contributed by atoms with van der Waals surface area (Å²) < 4.78 is 0. The summed E-state index contributed by atoms with van der Waals surface area (Å²) in [7, 11) is 0. The summed E-state index contributed by atoms with van der Waals surface area (Å²) in [6.45, 7) is 4.62. The minimum Gasteiger partial charge on any atom is -0.0654 e. The van der Waals surface area contributed by atoms with Gasteiger partial charge in [-0.05, 0) is 24.0 Å². The molecule has 1 radical (unpaired) electrons. The molecular weight excluding hydrogens is 168 g/mol. The topological polar surface area (TPSA) is 0 Å². The minimum absolute atomic E-state index is 0.823. The van der Waals surface area contributed by atoms with Gasteiger partial charge in [0, 0.05) is 0 Å². The number of unbranched alkanes of at least 4 members (excludes halogenated alkanes) is 2. The average molecular weight is 189 g/mol. The maximum atomic E-state index is 3.06. The van der Waals surface area contributed by atoms with Crippen LogP contribution >= 0.6 is 0 Å². The van der Waals surface area contributed by atoms with Crippen LogP contribution in [-0.2, 0) is 6.42 Å². The second kappa shape index (κ2) is 6.64. The first kappa shape index (κ1) is 11.3. The van der Waals surface area contributed by atoms with Crippen LogP contribution in [0.2, 0.25) is 0 Å². The van der Waals surface area contributed by atoms with Crippen LogP contribution in [0.1, 0.15) is 45.1 Å². The molecule has 14 heavy (non-hydrogen) atoms. The number of hydrogen-bond donors (Lipinski definition) is 0. The molecule has 0 heterocycles. The summed E-state index contributed by atoms with van der Waals surface area (Å²) in [5.74, 6) is 0.823. The molecule has 0 fully saturated rings. The molecule has 1 unspecified atom stereocenters. The quantitative estimate of drug-likeness (QED) is 0.587. The normalized spacial score (nSPS) is 12.7. The van der Waals surface area contributed by atoms with Crippen molar-refractivity contribution in [1.29, 1.82) is 0 Å². The Labute approximate surface area is 88.4 Å². The van der Waals surface area contributed by atoms with E-state index in [4.69, 9.17) is 0 Å². The summed E-state index contributed by atoms with van der Waals surface area (Å²) in [5, 5.41) is 0. The first-order chi connectivity index (χ1) is 6.83. The van der Waals surface area contributed by atoms with Crippen molar-refractivity contribution >= 4 is 0 Å². The Morgan fingerprint density at radius 1 is 1.21 bits per heavy atom. The van der Waals surface area contributed by atoms with E-state index in [0.29, 0.717) is 0 Å². The highest BCUT2D eigenvalue weighted by Gasteiger charge is 2.02. The molecular formula is C14H21. The fourth-order valence-corrected chi connectivity index (χ4v) is 1.80. The van der Waals surface area contributed by atoms with Gasteiger partial charge in [-0.15, -0.1) is 0 Å². The molecule has 0 N–H and O–H groups in total. The molecule has 0 bridgehead atoms. The second-order valence-corrected chi connectivity index (χ2v) is 4.21. The van der Waals surface area contributed by atoms with E-state index in [1.54, 1.807) is 0 Å². The molecule has 0 saturated heterocycles. The third-order valence-electron chi connectivity index (χ3n) is 2.67. The van der Waals surface area contributed by atoms with Crippen molar-refractivity contribution in [3.05, 3.63) is 35.9 Å². The van der Waals surface area contributed by atoms with Crippen LogP contribution in [0.4, 0.5) is 0 Å². The van der Waals surface area contributed by atoms with E-state index >= 15 is 0 Å². The monoisotopic (exact) mass is 189 g/mol. The SMILES string of the molecule is CCCCCC(C)Cc1cc[c]cc1. The lowest BCUT2D eigenvalue weighted by molar-refractivity contribution is 0.493. The predicted molar refractivity (Wildman–Crippen MR) is 62.3 cm³/mol. The molecule has 1 aromatic rings. The van der Waals surface area contributed by atoms with E-state index < -0.39 is 0 Å². The predicted octanol–water partition coefficient (Wildman–Crippen LogP) is 4.25. The summed E-state index contributed by atoms with van der Waals surface area (Å²) in [6.07, 6.45) is 6.68. The van der Waals surface area contributed by atoms with Gasteiger partial charge in [0.15, 0.2) is 0 Å². The molecule has 0 nitrogen and oxygen atoms in total. The molecule has 0 saturated carbocycles. The van der Waals surface area contributed by atoms with Crippen LogP contribution in [0.25, 0.3) is 0 Å². The van der Waals surface area contributed by atoms with E-state index in [0.717, 1.165) is 5.92 Å². The molecule has 0 aliphatic rings. The fourth-order valence-electron chi connectivity index (χ4n) is 1.80. The fraction of sp³-hybridized carbons (Fsp3) is 0.571. The van der Waals surface area contributed by atoms with E-state index in [2.05, 4.69) is 32.0 Å².